The third-order valence-corrected chi connectivity index (χ3v) is 6.14. The topological polar surface area (TPSA) is 62.3 Å². The summed E-state index contributed by atoms with van der Waals surface area (Å²) in [6, 6.07) is 9.18. The lowest BCUT2D eigenvalue weighted by Gasteiger charge is -2.45. The van der Waals surface area contributed by atoms with Gasteiger partial charge >= 0.3 is 0 Å². The minimum absolute atomic E-state index is 0.283. The second-order valence-corrected chi connectivity index (χ2v) is 8.61. The number of hydrogen-bond acceptors (Lipinski definition) is 4. The van der Waals surface area contributed by atoms with Gasteiger partial charge in [0, 0.05) is 41.0 Å². The second-order valence-electron chi connectivity index (χ2n) is 8.17. The van der Waals surface area contributed by atoms with Crippen molar-refractivity contribution in [2.24, 2.45) is 11.7 Å². The molecule has 1 saturated carbocycles. The van der Waals surface area contributed by atoms with Crippen molar-refractivity contribution in [3.63, 3.8) is 0 Å². The highest BCUT2D eigenvalue weighted by Gasteiger charge is 2.35. The number of halogens is 1. The molecule has 0 bridgehead atoms. The molecule has 1 heterocycles. The van der Waals surface area contributed by atoms with E-state index in [9.17, 15) is 0 Å². The largest absolute Gasteiger partial charge is 0.402 e. The summed E-state index contributed by atoms with van der Waals surface area (Å²) < 4.78 is 5.99. The molecule has 1 saturated heterocycles. The Labute approximate surface area is 168 Å². The molecule has 1 aromatic rings. The van der Waals surface area contributed by atoms with E-state index in [1.54, 1.807) is 0 Å². The lowest BCUT2D eigenvalue weighted by molar-refractivity contribution is -0.0771. The van der Waals surface area contributed by atoms with Crippen molar-refractivity contribution >= 4 is 17.3 Å². The quantitative estimate of drug-likeness (QED) is 0.733. The number of ether oxygens (including phenoxy) is 1. The monoisotopic (exact) mass is 389 g/mol. The summed E-state index contributed by atoms with van der Waals surface area (Å²) in [5.74, 6) is 0.355. The number of nitrogens with one attached hydrogen (secondary N) is 1. The van der Waals surface area contributed by atoms with Gasteiger partial charge in [0.2, 0.25) is 0 Å². The number of hydrogen-bond donors (Lipinski definition) is 2. The van der Waals surface area contributed by atoms with Crippen LogP contribution in [0.1, 0.15) is 45.1 Å². The fourth-order valence-corrected chi connectivity index (χ4v) is 4.59. The van der Waals surface area contributed by atoms with Gasteiger partial charge in [-0.05, 0) is 69.7 Å². The van der Waals surface area contributed by atoms with Gasteiger partial charge in [0.25, 0.3) is 0 Å². The molecule has 2 atom stereocenters. The van der Waals surface area contributed by atoms with Crippen LogP contribution < -0.4 is 5.73 Å². The number of nitrogens with zero attached hydrogens (tertiary/aromatic N) is 1. The fraction of sp³-hybridized carbons (Fsp3) is 0.591. The molecule has 2 fully saturated rings. The number of rotatable bonds is 5. The van der Waals surface area contributed by atoms with Crippen LogP contribution in [-0.4, -0.2) is 42.0 Å². The van der Waals surface area contributed by atoms with E-state index < -0.39 is 0 Å². The first-order valence-corrected chi connectivity index (χ1v) is 10.4. The Kier molecular flexibility index (Phi) is 6.96. The van der Waals surface area contributed by atoms with Gasteiger partial charge in [0.05, 0.1) is 12.7 Å². The maximum Gasteiger partial charge on any atom is 0.0674 e. The molecule has 0 spiro atoms. The third-order valence-electron chi connectivity index (χ3n) is 5.88. The van der Waals surface area contributed by atoms with Crippen molar-refractivity contribution in [2.75, 3.05) is 13.2 Å². The molecule has 4 nitrogen and oxygen atoms in total. The summed E-state index contributed by atoms with van der Waals surface area (Å²) in [6.07, 6.45) is 7.55. The number of benzene rings is 1. The molecular formula is C22H32ClN3O. The van der Waals surface area contributed by atoms with Gasteiger partial charge in [-0.3, -0.25) is 4.90 Å². The summed E-state index contributed by atoms with van der Waals surface area (Å²) in [6.45, 7) is 5.81. The van der Waals surface area contributed by atoms with Gasteiger partial charge < -0.3 is 15.9 Å². The maximum absolute atomic E-state index is 8.26. The predicted octanol–water partition coefficient (Wildman–Crippen LogP) is 4.41. The Morgan fingerprint density at radius 1 is 1.26 bits per heavy atom. The fourth-order valence-electron chi connectivity index (χ4n) is 4.47. The molecule has 148 valence electrons. The van der Waals surface area contributed by atoms with E-state index in [1.807, 2.05) is 25.1 Å². The Morgan fingerprint density at radius 2 is 1.93 bits per heavy atom. The van der Waals surface area contributed by atoms with Crippen molar-refractivity contribution in [2.45, 2.75) is 64.1 Å². The van der Waals surface area contributed by atoms with Crippen LogP contribution in [0.4, 0.5) is 0 Å². The number of nitrogens with two attached hydrogens (primary N) is 1. The molecule has 27 heavy (non-hydrogen) atoms. The van der Waals surface area contributed by atoms with Crippen LogP contribution in [-0.2, 0) is 11.2 Å². The van der Waals surface area contributed by atoms with Crippen molar-refractivity contribution in [1.82, 2.24) is 4.90 Å². The summed E-state index contributed by atoms with van der Waals surface area (Å²) >= 11 is 6.03. The molecular weight excluding hydrogens is 358 g/mol. The van der Waals surface area contributed by atoms with Crippen LogP contribution in [0, 0.1) is 11.3 Å². The van der Waals surface area contributed by atoms with Crippen molar-refractivity contribution in [3.8, 4) is 0 Å². The minimum Gasteiger partial charge on any atom is -0.402 e. The van der Waals surface area contributed by atoms with Crippen LogP contribution in [0.15, 0.2) is 36.0 Å². The summed E-state index contributed by atoms with van der Waals surface area (Å²) in [5, 5.41) is 9.04. The van der Waals surface area contributed by atoms with Crippen LogP contribution >= 0.6 is 11.6 Å². The zero-order valence-corrected chi connectivity index (χ0v) is 17.2. The Bertz CT molecular complexity index is 661. The highest BCUT2D eigenvalue weighted by molar-refractivity contribution is 6.30. The molecule has 2 unspecified atom stereocenters. The van der Waals surface area contributed by atoms with Crippen LogP contribution in [0.3, 0.4) is 0 Å². The molecule has 1 aliphatic carbocycles. The first kappa shape index (κ1) is 20.4. The average molecular weight is 390 g/mol. The Balaban J connectivity index is 1.63. The first-order chi connectivity index (χ1) is 12.9. The molecule has 1 aliphatic heterocycles. The van der Waals surface area contributed by atoms with E-state index in [0.717, 1.165) is 56.0 Å². The lowest BCUT2D eigenvalue weighted by atomic mass is 9.81. The summed E-state index contributed by atoms with van der Waals surface area (Å²) in [7, 11) is 0. The normalized spacial score (nSPS) is 30.3. The SMILES string of the molecule is C/C(N)=C/C(=N)C1CCC(N2CC(C)OCC2Cc2ccc(Cl)cc2)CC1. The maximum atomic E-state index is 8.26. The molecule has 3 rings (SSSR count). The van der Waals surface area contributed by atoms with Gasteiger partial charge in [-0.15, -0.1) is 0 Å². The van der Waals surface area contributed by atoms with E-state index in [4.69, 9.17) is 27.5 Å². The van der Waals surface area contributed by atoms with Crippen molar-refractivity contribution < 1.29 is 4.74 Å². The zero-order valence-electron chi connectivity index (χ0n) is 16.5. The smallest absolute Gasteiger partial charge is 0.0674 e. The van der Waals surface area contributed by atoms with Gasteiger partial charge in [-0.1, -0.05) is 23.7 Å². The number of allylic oxidation sites excluding steroid dienone is 2. The molecule has 2 aliphatic rings. The van der Waals surface area contributed by atoms with Crippen molar-refractivity contribution in [3.05, 3.63) is 46.6 Å². The standard InChI is InChI=1S/C22H32ClN3O/c1-15(24)11-22(25)18-5-9-20(10-6-18)26-13-16(2)27-14-21(26)12-17-3-7-19(23)8-4-17/h3-4,7-8,11,16,18,20-21,25H,5-6,9-10,12-14,24H2,1-2H3/b15-11-,25-22?. The van der Waals surface area contributed by atoms with E-state index in [0.29, 0.717) is 23.7 Å². The lowest BCUT2D eigenvalue weighted by Crippen LogP contribution is -2.55. The average Bonchev–Trinajstić information content (AvgIpc) is 2.64. The zero-order chi connectivity index (χ0) is 19.4. The Hall–Kier alpha value is -1.36. The van der Waals surface area contributed by atoms with Crippen LogP contribution in [0.5, 0.6) is 0 Å². The van der Waals surface area contributed by atoms with E-state index in [-0.39, 0.29) is 6.10 Å². The third kappa shape index (κ3) is 5.56. The van der Waals surface area contributed by atoms with Gasteiger partial charge in [-0.25, -0.2) is 0 Å². The van der Waals surface area contributed by atoms with Crippen LogP contribution in [0.2, 0.25) is 5.02 Å². The highest BCUT2D eigenvalue weighted by atomic mass is 35.5. The molecule has 1 aromatic carbocycles. The first-order valence-electron chi connectivity index (χ1n) is 10.1. The van der Waals surface area contributed by atoms with E-state index in [1.165, 1.54) is 5.56 Å². The van der Waals surface area contributed by atoms with E-state index in [2.05, 4.69) is 24.0 Å². The van der Waals surface area contributed by atoms with Crippen molar-refractivity contribution in [1.29, 1.82) is 5.41 Å². The highest BCUT2D eigenvalue weighted by Crippen LogP contribution is 2.32. The second kappa shape index (κ2) is 9.22. The number of morpholine rings is 1. The molecule has 5 heteroatoms. The van der Waals surface area contributed by atoms with Gasteiger partial charge in [-0.2, -0.15) is 0 Å². The minimum atomic E-state index is 0.283. The molecule has 3 N–H and O–H groups in total. The van der Waals surface area contributed by atoms with E-state index >= 15 is 0 Å². The molecule has 0 amide bonds. The van der Waals surface area contributed by atoms with Gasteiger partial charge in [0.15, 0.2) is 0 Å². The molecule has 0 aromatic heterocycles. The predicted molar refractivity (Wildman–Crippen MR) is 112 cm³/mol. The Morgan fingerprint density at radius 3 is 2.56 bits per heavy atom. The van der Waals surface area contributed by atoms with Gasteiger partial charge in [0.1, 0.15) is 0 Å². The summed E-state index contributed by atoms with van der Waals surface area (Å²) in [4.78, 5) is 2.67. The van der Waals surface area contributed by atoms with Crippen LogP contribution in [0.25, 0.3) is 0 Å². The molecule has 0 radical (unpaired) electrons. The summed E-state index contributed by atoms with van der Waals surface area (Å²) in [5.41, 5.74) is 8.49.